The van der Waals surface area contributed by atoms with Gasteiger partial charge in [0.2, 0.25) is 0 Å². The van der Waals surface area contributed by atoms with Gasteiger partial charge < -0.3 is 15.4 Å². The number of benzene rings is 3. The van der Waals surface area contributed by atoms with Crippen LogP contribution in [0.15, 0.2) is 78.9 Å². The van der Waals surface area contributed by atoms with E-state index in [1.807, 2.05) is 18.2 Å². The van der Waals surface area contributed by atoms with E-state index in [2.05, 4.69) is 22.9 Å². The minimum Gasteiger partial charge on any atom is -0.494 e. The lowest BCUT2D eigenvalue weighted by Crippen LogP contribution is -2.34. The number of rotatable bonds is 10. The van der Waals surface area contributed by atoms with Gasteiger partial charge in [0.15, 0.2) is 5.11 Å². The smallest absolute Gasteiger partial charge is 0.257 e. The zero-order chi connectivity index (χ0) is 24.2. The number of hydrogen-bond acceptors (Lipinski definition) is 4. The number of unbranched alkanes of at least 4 members (excludes halogenated alkanes) is 3. The monoisotopic (exact) mass is 475 g/mol. The van der Waals surface area contributed by atoms with E-state index in [-0.39, 0.29) is 16.9 Å². The number of hydrogen-bond donors (Lipinski definition) is 3. The Balaban J connectivity index is 1.44. The van der Waals surface area contributed by atoms with Crippen LogP contribution in [0.25, 0.3) is 0 Å². The maximum absolute atomic E-state index is 12.5. The van der Waals surface area contributed by atoms with Crippen LogP contribution in [-0.2, 0) is 0 Å². The van der Waals surface area contributed by atoms with Crippen molar-refractivity contribution in [1.82, 2.24) is 5.32 Å². The summed E-state index contributed by atoms with van der Waals surface area (Å²) < 4.78 is 5.71. The molecule has 0 saturated carbocycles. The van der Waals surface area contributed by atoms with Crippen LogP contribution >= 0.6 is 12.2 Å². The van der Waals surface area contributed by atoms with Crippen LogP contribution in [-0.4, -0.2) is 23.5 Å². The van der Waals surface area contributed by atoms with Gasteiger partial charge in [-0.25, -0.2) is 0 Å². The Morgan fingerprint density at radius 2 is 1.35 bits per heavy atom. The van der Waals surface area contributed by atoms with Crippen molar-refractivity contribution in [1.29, 1.82) is 0 Å². The fraction of sp³-hybridized carbons (Fsp3) is 0.222. The van der Waals surface area contributed by atoms with E-state index in [4.69, 9.17) is 17.0 Å². The van der Waals surface area contributed by atoms with Crippen LogP contribution in [0.1, 0.15) is 53.3 Å². The normalized spacial score (nSPS) is 10.3. The third kappa shape index (κ3) is 8.01. The first-order valence-corrected chi connectivity index (χ1v) is 11.8. The van der Waals surface area contributed by atoms with E-state index in [1.54, 1.807) is 60.7 Å². The average Bonchev–Trinajstić information content (AvgIpc) is 2.86. The molecule has 0 aliphatic carbocycles. The molecule has 176 valence electrons. The van der Waals surface area contributed by atoms with Crippen molar-refractivity contribution >= 4 is 40.5 Å². The van der Waals surface area contributed by atoms with Crippen LogP contribution < -0.4 is 20.7 Å². The molecule has 0 fully saturated rings. The molecule has 0 aliphatic rings. The Morgan fingerprint density at radius 1 is 0.735 bits per heavy atom. The number of carbonyl (C=O) groups is 2. The third-order valence-electron chi connectivity index (χ3n) is 5.05. The fourth-order valence-corrected chi connectivity index (χ4v) is 3.40. The quantitative estimate of drug-likeness (QED) is 0.247. The standard InChI is InChI=1S/C27H29N3O3S/c1-2-3-4-8-19-33-24-17-11-21(12-18-24)26(32)30-27(34)29-23-15-13-22(14-16-23)28-25(31)20-9-6-5-7-10-20/h5-7,9-18H,2-4,8,19H2,1H3,(H,28,31)(H2,29,30,32,34). The van der Waals surface area contributed by atoms with Crippen molar-refractivity contribution in [2.24, 2.45) is 0 Å². The lowest BCUT2D eigenvalue weighted by Gasteiger charge is -2.11. The number of ether oxygens (including phenoxy) is 1. The zero-order valence-electron chi connectivity index (χ0n) is 19.2. The molecule has 0 spiro atoms. The Kier molecular flexibility index (Phi) is 9.61. The highest BCUT2D eigenvalue weighted by molar-refractivity contribution is 7.80. The number of nitrogens with one attached hydrogen (secondary N) is 3. The summed E-state index contributed by atoms with van der Waals surface area (Å²) in [7, 11) is 0. The van der Waals surface area contributed by atoms with Gasteiger partial charge in [0, 0.05) is 22.5 Å². The largest absolute Gasteiger partial charge is 0.494 e. The summed E-state index contributed by atoms with van der Waals surface area (Å²) in [6.45, 7) is 2.85. The summed E-state index contributed by atoms with van der Waals surface area (Å²) >= 11 is 5.26. The Morgan fingerprint density at radius 3 is 2.00 bits per heavy atom. The number of carbonyl (C=O) groups excluding carboxylic acids is 2. The predicted molar refractivity (Wildman–Crippen MR) is 141 cm³/mol. The molecule has 0 atom stereocenters. The number of anilines is 2. The van der Waals surface area contributed by atoms with E-state index < -0.39 is 0 Å². The van der Waals surface area contributed by atoms with Crippen LogP contribution in [0.4, 0.5) is 11.4 Å². The molecule has 0 aromatic heterocycles. The lowest BCUT2D eigenvalue weighted by molar-refractivity contribution is 0.0976. The molecule has 0 radical (unpaired) electrons. The molecule has 34 heavy (non-hydrogen) atoms. The maximum Gasteiger partial charge on any atom is 0.257 e. The first-order valence-electron chi connectivity index (χ1n) is 11.4. The van der Waals surface area contributed by atoms with Gasteiger partial charge in [0.05, 0.1) is 6.61 Å². The highest BCUT2D eigenvalue weighted by atomic mass is 32.1. The molecule has 3 aromatic carbocycles. The predicted octanol–water partition coefficient (Wildman–Crippen LogP) is 6.02. The first-order chi connectivity index (χ1) is 16.5. The summed E-state index contributed by atoms with van der Waals surface area (Å²) in [6.07, 6.45) is 4.59. The average molecular weight is 476 g/mol. The Bertz CT molecular complexity index is 1080. The van der Waals surface area contributed by atoms with Crippen molar-refractivity contribution in [2.75, 3.05) is 17.2 Å². The van der Waals surface area contributed by atoms with E-state index in [0.29, 0.717) is 29.1 Å². The molecular formula is C27H29N3O3S. The van der Waals surface area contributed by atoms with E-state index in [9.17, 15) is 9.59 Å². The van der Waals surface area contributed by atoms with Gasteiger partial charge >= 0.3 is 0 Å². The van der Waals surface area contributed by atoms with Crippen molar-refractivity contribution in [3.8, 4) is 5.75 Å². The Labute approximate surface area is 205 Å². The van der Waals surface area contributed by atoms with Crippen LogP contribution in [0.5, 0.6) is 5.75 Å². The van der Waals surface area contributed by atoms with E-state index >= 15 is 0 Å². The SMILES string of the molecule is CCCCCCOc1ccc(C(=O)NC(=S)Nc2ccc(NC(=O)c3ccccc3)cc2)cc1. The molecule has 0 aliphatic heterocycles. The maximum atomic E-state index is 12.5. The topological polar surface area (TPSA) is 79.5 Å². The van der Waals surface area contributed by atoms with Crippen LogP contribution in [0.2, 0.25) is 0 Å². The van der Waals surface area contributed by atoms with Gasteiger partial charge in [-0.3, -0.25) is 14.9 Å². The molecular weight excluding hydrogens is 446 g/mol. The summed E-state index contributed by atoms with van der Waals surface area (Å²) in [6, 6.07) is 23.0. The molecule has 7 heteroatoms. The van der Waals surface area contributed by atoms with Gasteiger partial charge in [-0.2, -0.15) is 0 Å². The molecule has 3 rings (SSSR count). The zero-order valence-corrected chi connectivity index (χ0v) is 20.0. The first kappa shape index (κ1) is 24.9. The minimum atomic E-state index is -0.307. The number of thiocarbonyl (C=S) groups is 1. The van der Waals surface area contributed by atoms with Crippen molar-refractivity contribution in [3.63, 3.8) is 0 Å². The third-order valence-corrected chi connectivity index (χ3v) is 5.25. The van der Waals surface area contributed by atoms with Gasteiger partial charge in [-0.15, -0.1) is 0 Å². The van der Waals surface area contributed by atoms with Crippen molar-refractivity contribution < 1.29 is 14.3 Å². The molecule has 2 amide bonds. The summed E-state index contributed by atoms with van der Waals surface area (Å²) in [4.78, 5) is 24.7. The van der Waals surface area contributed by atoms with Gasteiger partial charge in [-0.1, -0.05) is 44.4 Å². The summed E-state index contributed by atoms with van der Waals surface area (Å²) in [5.74, 6) is 0.254. The second kappa shape index (κ2) is 13.1. The highest BCUT2D eigenvalue weighted by Crippen LogP contribution is 2.16. The number of amides is 2. The van der Waals surface area contributed by atoms with Gasteiger partial charge in [-0.05, 0) is 79.3 Å². The van der Waals surface area contributed by atoms with E-state index in [0.717, 1.165) is 18.6 Å². The van der Waals surface area contributed by atoms with Gasteiger partial charge in [0.1, 0.15) is 5.75 Å². The second-order valence-corrected chi connectivity index (χ2v) is 8.15. The van der Waals surface area contributed by atoms with Crippen LogP contribution in [0.3, 0.4) is 0 Å². The molecule has 0 unspecified atom stereocenters. The fourth-order valence-electron chi connectivity index (χ4n) is 3.19. The van der Waals surface area contributed by atoms with Crippen molar-refractivity contribution in [2.45, 2.75) is 32.6 Å². The molecule has 0 bridgehead atoms. The molecule has 6 nitrogen and oxygen atoms in total. The molecule has 3 N–H and O–H groups in total. The minimum absolute atomic E-state index is 0.183. The lowest BCUT2D eigenvalue weighted by atomic mass is 10.2. The van der Waals surface area contributed by atoms with Gasteiger partial charge in [0.25, 0.3) is 11.8 Å². The molecule has 3 aromatic rings. The summed E-state index contributed by atoms with van der Waals surface area (Å²) in [5, 5.41) is 8.66. The van der Waals surface area contributed by atoms with E-state index in [1.165, 1.54) is 12.8 Å². The summed E-state index contributed by atoms with van der Waals surface area (Å²) in [5.41, 5.74) is 2.42. The molecule has 0 heterocycles. The molecule has 0 saturated heterocycles. The second-order valence-electron chi connectivity index (χ2n) is 7.74. The Hall–Kier alpha value is -3.71. The van der Waals surface area contributed by atoms with Crippen LogP contribution in [0, 0.1) is 0 Å². The highest BCUT2D eigenvalue weighted by Gasteiger charge is 2.09. The van der Waals surface area contributed by atoms with Crippen molar-refractivity contribution in [3.05, 3.63) is 90.0 Å².